The van der Waals surface area contributed by atoms with Crippen LogP contribution < -0.4 is 5.73 Å². The third-order valence-corrected chi connectivity index (χ3v) is 3.23. The van der Waals surface area contributed by atoms with Crippen LogP contribution in [-0.2, 0) is 4.79 Å². The standard InChI is InChI=1S/C9H18BNO3/c11-9(8(12)13)5-1-3-7(9)4-2-6-10-14/h7,10,14H,1-6,11H2,(H,12,13)/t7-,9?/m1/s1. The Morgan fingerprint density at radius 3 is 2.93 bits per heavy atom. The smallest absolute Gasteiger partial charge is 0.323 e. The molecule has 0 aliphatic heterocycles. The summed E-state index contributed by atoms with van der Waals surface area (Å²) < 4.78 is 0. The van der Waals surface area contributed by atoms with E-state index >= 15 is 0 Å². The summed E-state index contributed by atoms with van der Waals surface area (Å²) in [7, 11) is 0.178. The van der Waals surface area contributed by atoms with Crippen molar-refractivity contribution in [1.29, 1.82) is 0 Å². The van der Waals surface area contributed by atoms with Crippen LogP contribution in [0.4, 0.5) is 0 Å². The second-order valence-corrected chi connectivity index (χ2v) is 4.15. The quantitative estimate of drug-likeness (QED) is 0.433. The van der Waals surface area contributed by atoms with Crippen LogP contribution >= 0.6 is 0 Å². The minimum atomic E-state index is -1.00. The highest BCUT2D eigenvalue weighted by molar-refractivity contribution is 6.25. The molecule has 5 heteroatoms. The predicted octanol–water partition coefficient (Wildman–Crippen LogP) is 0.111. The van der Waals surface area contributed by atoms with Gasteiger partial charge in [0.2, 0.25) is 0 Å². The van der Waals surface area contributed by atoms with Crippen molar-refractivity contribution in [3.05, 3.63) is 0 Å². The van der Waals surface area contributed by atoms with Gasteiger partial charge in [0.05, 0.1) is 0 Å². The van der Waals surface area contributed by atoms with E-state index in [4.69, 9.17) is 15.9 Å². The average Bonchev–Trinajstić information content (AvgIpc) is 2.50. The predicted molar refractivity (Wildman–Crippen MR) is 55.3 cm³/mol. The van der Waals surface area contributed by atoms with Crippen LogP contribution in [0.2, 0.25) is 6.32 Å². The highest BCUT2D eigenvalue weighted by atomic mass is 16.4. The SMILES string of the molecule is NC1(C(=O)O)CCC[C@@H]1CCCBO. The molecule has 0 saturated heterocycles. The second-order valence-electron chi connectivity index (χ2n) is 4.15. The molecule has 1 aliphatic carbocycles. The number of carboxylic acid groups (broad SMARTS) is 1. The lowest BCUT2D eigenvalue weighted by Gasteiger charge is -2.26. The van der Waals surface area contributed by atoms with Crippen molar-refractivity contribution in [2.24, 2.45) is 11.7 Å². The Hall–Kier alpha value is -0.545. The molecule has 80 valence electrons. The minimum Gasteiger partial charge on any atom is -0.480 e. The molecule has 1 aliphatic rings. The zero-order valence-electron chi connectivity index (χ0n) is 8.41. The van der Waals surface area contributed by atoms with Gasteiger partial charge in [-0.15, -0.1) is 0 Å². The molecule has 1 saturated carbocycles. The van der Waals surface area contributed by atoms with Crippen molar-refractivity contribution in [1.82, 2.24) is 0 Å². The first-order valence-corrected chi connectivity index (χ1v) is 5.24. The van der Waals surface area contributed by atoms with E-state index in [9.17, 15) is 4.79 Å². The first kappa shape index (κ1) is 11.5. The van der Waals surface area contributed by atoms with E-state index in [0.717, 1.165) is 32.0 Å². The number of carbonyl (C=O) groups is 1. The molecule has 1 rings (SSSR count). The number of rotatable bonds is 5. The number of carboxylic acids is 1. The zero-order chi connectivity index (χ0) is 10.6. The molecule has 0 aromatic carbocycles. The second kappa shape index (κ2) is 4.80. The summed E-state index contributed by atoms with van der Waals surface area (Å²) in [5.74, 6) is -0.782. The maximum absolute atomic E-state index is 11.0. The molecule has 0 spiro atoms. The summed E-state index contributed by atoms with van der Waals surface area (Å²) in [5.41, 5.74) is 4.86. The normalized spacial score (nSPS) is 31.7. The summed E-state index contributed by atoms with van der Waals surface area (Å²) >= 11 is 0. The van der Waals surface area contributed by atoms with Gasteiger partial charge in [-0.25, -0.2) is 0 Å². The molecule has 0 bridgehead atoms. The lowest BCUT2D eigenvalue weighted by Crippen LogP contribution is -2.50. The Morgan fingerprint density at radius 1 is 1.64 bits per heavy atom. The van der Waals surface area contributed by atoms with Gasteiger partial charge in [0, 0.05) is 0 Å². The molecular formula is C9H18BNO3. The summed E-state index contributed by atoms with van der Waals surface area (Å²) in [6.07, 6.45) is 4.84. The van der Waals surface area contributed by atoms with Crippen LogP contribution in [0.5, 0.6) is 0 Å². The van der Waals surface area contributed by atoms with Crippen LogP contribution in [0.1, 0.15) is 32.1 Å². The minimum absolute atomic E-state index is 0.0894. The van der Waals surface area contributed by atoms with E-state index < -0.39 is 11.5 Å². The van der Waals surface area contributed by atoms with Gasteiger partial charge in [-0.2, -0.15) is 0 Å². The van der Waals surface area contributed by atoms with E-state index in [0.29, 0.717) is 6.42 Å². The lowest BCUT2D eigenvalue weighted by atomic mass is 9.82. The Balaban J connectivity index is 2.46. The molecule has 1 unspecified atom stereocenters. The Kier molecular flexibility index (Phi) is 3.95. The van der Waals surface area contributed by atoms with Crippen LogP contribution in [-0.4, -0.2) is 29.1 Å². The fourth-order valence-electron chi connectivity index (χ4n) is 2.29. The van der Waals surface area contributed by atoms with Gasteiger partial charge in [-0.1, -0.05) is 19.2 Å². The summed E-state index contributed by atoms with van der Waals surface area (Å²) in [6, 6.07) is 0. The summed E-state index contributed by atoms with van der Waals surface area (Å²) in [5, 5.41) is 17.7. The Morgan fingerprint density at radius 2 is 2.36 bits per heavy atom. The van der Waals surface area contributed by atoms with Crippen molar-refractivity contribution in [2.45, 2.75) is 44.0 Å². The molecule has 4 nitrogen and oxygen atoms in total. The molecule has 0 aromatic heterocycles. The zero-order valence-corrected chi connectivity index (χ0v) is 8.41. The molecule has 4 N–H and O–H groups in total. The molecule has 0 aromatic rings. The van der Waals surface area contributed by atoms with E-state index in [1.165, 1.54) is 0 Å². The van der Waals surface area contributed by atoms with Crippen LogP contribution in [0.15, 0.2) is 0 Å². The monoisotopic (exact) mass is 199 g/mol. The van der Waals surface area contributed by atoms with E-state index in [1.54, 1.807) is 0 Å². The molecule has 2 atom stereocenters. The van der Waals surface area contributed by atoms with Gasteiger partial charge in [0.25, 0.3) is 7.48 Å². The van der Waals surface area contributed by atoms with Gasteiger partial charge in [0.1, 0.15) is 5.54 Å². The van der Waals surface area contributed by atoms with Crippen molar-refractivity contribution in [3.8, 4) is 0 Å². The molecule has 1 fully saturated rings. The Bertz CT molecular complexity index is 212. The van der Waals surface area contributed by atoms with Gasteiger partial charge in [0.15, 0.2) is 0 Å². The van der Waals surface area contributed by atoms with Gasteiger partial charge in [-0.05, 0) is 25.2 Å². The van der Waals surface area contributed by atoms with E-state index in [1.807, 2.05) is 0 Å². The maximum atomic E-state index is 11.0. The highest BCUT2D eigenvalue weighted by Gasteiger charge is 2.45. The lowest BCUT2D eigenvalue weighted by molar-refractivity contribution is -0.144. The number of hydrogen-bond donors (Lipinski definition) is 3. The summed E-state index contributed by atoms with van der Waals surface area (Å²) in [4.78, 5) is 11.0. The Labute approximate surface area is 84.8 Å². The number of nitrogens with two attached hydrogens (primary N) is 1. The molecular weight excluding hydrogens is 181 g/mol. The van der Waals surface area contributed by atoms with Crippen LogP contribution in [0, 0.1) is 5.92 Å². The van der Waals surface area contributed by atoms with Crippen LogP contribution in [0.3, 0.4) is 0 Å². The van der Waals surface area contributed by atoms with Crippen molar-refractivity contribution >= 4 is 13.5 Å². The third-order valence-electron chi connectivity index (χ3n) is 3.23. The largest absolute Gasteiger partial charge is 0.480 e. The molecule has 14 heavy (non-hydrogen) atoms. The third kappa shape index (κ3) is 2.28. The van der Waals surface area contributed by atoms with Crippen molar-refractivity contribution < 1.29 is 14.9 Å². The fraction of sp³-hybridized carbons (Fsp3) is 0.889. The van der Waals surface area contributed by atoms with Crippen molar-refractivity contribution in [2.75, 3.05) is 0 Å². The fourth-order valence-corrected chi connectivity index (χ4v) is 2.29. The summed E-state index contributed by atoms with van der Waals surface area (Å²) in [6.45, 7) is 0. The first-order valence-electron chi connectivity index (χ1n) is 5.24. The highest BCUT2D eigenvalue weighted by Crippen LogP contribution is 2.37. The number of aliphatic carboxylic acids is 1. The average molecular weight is 199 g/mol. The van der Waals surface area contributed by atoms with Gasteiger partial charge < -0.3 is 15.9 Å². The van der Waals surface area contributed by atoms with E-state index in [-0.39, 0.29) is 13.4 Å². The molecule has 0 amide bonds. The number of hydrogen-bond acceptors (Lipinski definition) is 3. The molecule has 0 radical (unpaired) electrons. The van der Waals surface area contributed by atoms with Gasteiger partial charge in [-0.3, -0.25) is 4.79 Å². The van der Waals surface area contributed by atoms with Crippen LogP contribution in [0.25, 0.3) is 0 Å². The van der Waals surface area contributed by atoms with Gasteiger partial charge >= 0.3 is 5.97 Å². The van der Waals surface area contributed by atoms with E-state index in [2.05, 4.69) is 0 Å². The molecule has 0 heterocycles. The topological polar surface area (TPSA) is 83.6 Å². The maximum Gasteiger partial charge on any atom is 0.323 e. The first-order chi connectivity index (χ1) is 6.61. The van der Waals surface area contributed by atoms with Crippen molar-refractivity contribution in [3.63, 3.8) is 0 Å².